The maximum atomic E-state index is 12.1. The number of carbonyl (C=O) groups excluding carboxylic acids is 1. The first-order valence-electron chi connectivity index (χ1n) is 6.93. The molecule has 0 fully saturated rings. The van der Waals surface area contributed by atoms with Gasteiger partial charge in [0.1, 0.15) is 5.75 Å². The largest absolute Gasteiger partial charge is 0.496 e. The predicted octanol–water partition coefficient (Wildman–Crippen LogP) is 3.33. The highest BCUT2D eigenvalue weighted by Crippen LogP contribution is 2.36. The number of carbonyl (C=O) groups is 1. The van der Waals surface area contributed by atoms with E-state index in [0.29, 0.717) is 17.2 Å². The first-order chi connectivity index (χ1) is 11.2. The second kappa shape index (κ2) is 7.89. The number of hydrogen-bond acceptors (Lipinski definition) is 5. The molecule has 0 unspecified atom stereocenters. The van der Waals surface area contributed by atoms with Crippen molar-refractivity contribution in [1.82, 2.24) is 0 Å². The highest BCUT2D eigenvalue weighted by Gasteiger charge is 2.14. The number of para-hydroxylation sites is 2. The second-order valence-electron chi connectivity index (χ2n) is 4.49. The van der Waals surface area contributed by atoms with Crippen LogP contribution in [0.25, 0.3) is 6.08 Å². The molecule has 120 valence electrons. The zero-order chi connectivity index (χ0) is 16.7. The van der Waals surface area contributed by atoms with Crippen LogP contribution in [0.1, 0.15) is 5.56 Å². The van der Waals surface area contributed by atoms with Crippen molar-refractivity contribution in [3.63, 3.8) is 0 Å². The minimum Gasteiger partial charge on any atom is -0.496 e. The van der Waals surface area contributed by atoms with Crippen molar-refractivity contribution in [1.29, 1.82) is 0 Å². The van der Waals surface area contributed by atoms with Gasteiger partial charge in [-0.25, -0.2) is 4.79 Å². The molecular weight excluding hydrogens is 296 g/mol. The molecule has 5 heteroatoms. The van der Waals surface area contributed by atoms with E-state index in [1.165, 1.54) is 20.3 Å². The zero-order valence-electron chi connectivity index (χ0n) is 13.2. The molecular formula is C18H18O5. The molecule has 0 amide bonds. The monoisotopic (exact) mass is 314 g/mol. The fraction of sp³-hybridized carbons (Fsp3) is 0.167. The quantitative estimate of drug-likeness (QED) is 0.465. The lowest BCUT2D eigenvalue weighted by Crippen LogP contribution is -2.06. The molecule has 0 atom stereocenters. The van der Waals surface area contributed by atoms with Crippen LogP contribution < -0.4 is 18.9 Å². The van der Waals surface area contributed by atoms with Crippen molar-refractivity contribution < 1.29 is 23.7 Å². The third kappa shape index (κ3) is 4.03. The molecule has 0 spiro atoms. The van der Waals surface area contributed by atoms with Crippen LogP contribution in [0.5, 0.6) is 23.0 Å². The van der Waals surface area contributed by atoms with Gasteiger partial charge in [0.25, 0.3) is 0 Å². The molecule has 2 aromatic carbocycles. The van der Waals surface area contributed by atoms with Crippen molar-refractivity contribution in [2.75, 3.05) is 21.3 Å². The summed E-state index contributed by atoms with van der Waals surface area (Å²) in [6, 6.07) is 12.5. The summed E-state index contributed by atoms with van der Waals surface area (Å²) in [6.07, 6.45) is 2.95. The summed E-state index contributed by atoms with van der Waals surface area (Å²) in [5.74, 6) is 1.21. The van der Waals surface area contributed by atoms with Crippen molar-refractivity contribution in [3.05, 3.63) is 54.1 Å². The van der Waals surface area contributed by atoms with Gasteiger partial charge in [-0.2, -0.15) is 0 Å². The van der Waals surface area contributed by atoms with Gasteiger partial charge in [-0.1, -0.05) is 24.3 Å². The number of benzene rings is 2. The molecule has 0 aliphatic heterocycles. The van der Waals surface area contributed by atoms with E-state index in [-0.39, 0.29) is 5.75 Å². The fourth-order valence-electron chi connectivity index (χ4n) is 2.01. The Morgan fingerprint density at radius 2 is 1.39 bits per heavy atom. The van der Waals surface area contributed by atoms with Gasteiger partial charge in [-0.15, -0.1) is 0 Å². The summed E-state index contributed by atoms with van der Waals surface area (Å²) in [4.78, 5) is 12.1. The first kappa shape index (κ1) is 16.4. The average molecular weight is 314 g/mol. The van der Waals surface area contributed by atoms with E-state index in [9.17, 15) is 4.79 Å². The first-order valence-corrected chi connectivity index (χ1v) is 6.93. The van der Waals surface area contributed by atoms with Gasteiger partial charge in [0, 0.05) is 11.6 Å². The van der Waals surface area contributed by atoms with E-state index in [0.717, 1.165) is 5.56 Å². The number of ether oxygens (including phenoxy) is 4. The Morgan fingerprint density at radius 3 is 2.00 bits per heavy atom. The standard InChI is InChI=1S/C18H18O5/c1-20-14-8-5-4-7-13(14)11-12-17(19)23-18-15(21-2)9-6-10-16(18)22-3/h4-12H,1-3H3. The molecule has 0 aliphatic rings. The smallest absolute Gasteiger partial charge is 0.336 e. The number of rotatable bonds is 6. The molecule has 0 bridgehead atoms. The van der Waals surface area contributed by atoms with E-state index in [2.05, 4.69) is 0 Å². The van der Waals surface area contributed by atoms with Crippen LogP contribution in [-0.2, 0) is 4.79 Å². The Labute approximate surface area is 135 Å². The van der Waals surface area contributed by atoms with Gasteiger partial charge in [0.15, 0.2) is 11.5 Å². The van der Waals surface area contributed by atoms with Gasteiger partial charge in [0.2, 0.25) is 5.75 Å². The van der Waals surface area contributed by atoms with Gasteiger partial charge in [-0.3, -0.25) is 0 Å². The Balaban J connectivity index is 2.18. The van der Waals surface area contributed by atoms with Crippen molar-refractivity contribution in [3.8, 4) is 23.0 Å². The molecule has 0 N–H and O–H groups in total. The maximum Gasteiger partial charge on any atom is 0.336 e. The number of hydrogen-bond donors (Lipinski definition) is 0. The highest BCUT2D eigenvalue weighted by atomic mass is 16.6. The summed E-state index contributed by atoms with van der Waals surface area (Å²) in [5, 5.41) is 0. The van der Waals surface area contributed by atoms with Crippen LogP contribution in [0.2, 0.25) is 0 Å². The van der Waals surface area contributed by atoms with E-state index in [1.54, 1.807) is 31.4 Å². The lowest BCUT2D eigenvalue weighted by atomic mass is 10.2. The van der Waals surface area contributed by atoms with Crippen LogP contribution >= 0.6 is 0 Å². The van der Waals surface area contributed by atoms with Gasteiger partial charge >= 0.3 is 5.97 Å². The predicted molar refractivity (Wildman–Crippen MR) is 87.2 cm³/mol. The third-order valence-electron chi connectivity index (χ3n) is 3.12. The van der Waals surface area contributed by atoms with E-state index >= 15 is 0 Å². The lowest BCUT2D eigenvalue weighted by molar-refractivity contribution is -0.129. The Hall–Kier alpha value is -2.95. The summed E-state index contributed by atoms with van der Waals surface area (Å²) in [5.41, 5.74) is 0.777. The molecule has 0 saturated carbocycles. The van der Waals surface area contributed by atoms with Crippen molar-refractivity contribution in [2.24, 2.45) is 0 Å². The van der Waals surface area contributed by atoms with Gasteiger partial charge < -0.3 is 18.9 Å². The molecule has 0 aliphatic carbocycles. The SMILES string of the molecule is COc1ccccc1C=CC(=O)Oc1c(OC)cccc1OC. The van der Waals surface area contributed by atoms with Crippen molar-refractivity contribution in [2.45, 2.75) is 0 Å². The zero-order valence-corrected chi connectivity index (χ0v) is 13.2. The number of esters is 1. The molecule has 0 saturated heterocycles. The Morgan fingerprint density at radius 1 is 0.826 bits per heavy atom. The minimum absolute atomic E-state index is 0.243. The molecule has 0 aromatic heterocycles. The molecule has 2 rings (SSSR count). The van der Waals surface area contributed by atoms with Crippen LogP contribution in [-0.4, -0.2) is 27.3 Å². The number of methoxy groups -OCH3 is 3. The molecule has 2 aromatic rings. The second-order valence-corrected chi connectivity index (χ2v) is 4.49. The molecule has 0 radical (unpaired) electrons. The lowest BCUT2D eigenvalue weighted by Gasteiger charge is -2.11. The van der Waals surface area contributed by atoms with Gasteiger partial charge in [-0.05, 0) is 24.3 Å². The van der Waals surface area contributed by atoms with E-state index < -0.39 is 5.97 Å². The van der Waals surface area contributed by atoms with E-state index in [1.807, 2.05) is 24.3 Å². The topological polar surface area (TPSA) is 54.0 Å². The summed E-state index contributed by atoms with van der Waals surface area (Å²) >= 11 is 0. The molecule has 5 nitrogen and oxygen atoms in total. The Bertz CT molecular complexity index is 684. The Kier molecular flexibility index (Phi) is 5.63. The normalized spacial score (nSPS) is 10.4. The minimum atomic E-state index is -0.543. The third-order valence-corrected chi connectivity index (χ3v) is 3.12. The van der Waals surface area contributed by atoms with Crippen LogP contribution in [0.4, 0.5) is 0 Å². The van der Waals surface area contributed by atoms with Crippen LogP contribution in [0.3, 0.4) is 0 Å². The average Bonchev–Trinajstić information content (AvgIpc) is 2.60. The molecule has 0 heterocycles. The summed E-state index contributed by atoms with van der Waals surface area (Å²) < 4.78 is 20.9. The van der Waals surface area contributed by atoms with Crippen LogP contribution in [0, 0.1) is 0 Å². The highest BCUT2D eigenvalue weighted by molar-refractivity contribution is 5.90. The van der Waals surface area contributed by atoms with Crippen LogP contribution in [0.15, 0.2) is 48.5 Å². The summed E-state index contributed by atoms with van der Waals surface area (Å²) in [6.45, 7) is 0. The molecule has 23 heavy (non-hydrogen) atoms. The fourth-order valence-corrected chi connectivity index (χ4v) is 2.01. The van der Waals surface area contributed by atoms with Crippen molar-refractivity contribution >= 4 is 12.0 Å². The summed E-state index contributed by atoms with van der Waals surface area (Å²) in [7, 11) is 4.57. The van der Waals surface area contributed by atoms with Gasteiger partial charge in [0.05, 0.1) is 21.3 Å². The van der Waals surface area contributed by atoms with E-state index in [4.69, 9.17) is 18.9 Å². The maximum absolute atomic E-state index is 12.1.